The number of rotatable bonds is 5. The zero-order valence-electron chi connectivity index (χ0n) is 11.1. The highest BCUT2D eigenvalue weighted by Gasteiger charge is 2.19. The second-order valence-electron chi connectivity index (χ2n) is 4.21. The van der Waals surface area contributed by atoms with Gasteiger partial charge in [-0.15, -0.1) is 0 Å². The smallest absolute Gasteiger partial charge is 0.264 e. The van der Waals surface area contributed by atoms with E-state index in [2.05, 4.69) is 36.2 Å². The van der Waals surface area contributed by atoms with Crippen LogP contribution in [0.15, 0.2) is 44.5 Å². The molecule has 0 atom stereocenters. The van der Waals surface area contributed by atoms with Gasteiger partial charge in [0.25, 0.3) is 15.6 Å². The predicted molar refractivity (Wildman–Crippen MR) is 82.6 cm³/mol. The summed E-state index contributed by atoms with van der Waals surface area (Å²) in [7, 11) is -2.03. The van der Waals surface area contributed by atoms with Gasteiger partial charge in [-0.05, 0) is 46.7 Å². The molecule has 0 aliphatic heterocycles. The summed E-state index contributed by atoms with van der Waals surface area (Å²) >= 11 is 3.22. The number of hydrogen-bond donors (Lipinski definition) is 3. The molecule has 1 aromatic carbocycles. The number of nitrogens with zero attached hydrogens (tertiary/aromatic N) is 1. The fraction of sp³-hybridized carbons (Fsp3) is 0.167. The van der Waals surface area contributed by atoms with Crippen LogP contribution >= 0.6 is 15.9 Å². The van der Waals surface area contributed by atoms with Gasteiger partial charge in [0.2, 0.25) is 0 Å². The van der Waals surface area contributed by atoms with E-state index in [-0.39, 0.29) is 10.7 Å². The summed E-state index contributed by atoms with van der Waals surface area (Å²) in [5, 5.41) is 8.74. The lowest BCUT2D eigenvalue weighted by molar-refractivity contribution is 0.600. The molecule has 0 bridgehead atoms. The molecular weight excluding hydrogens is 360 g/mol. The van der Waals surface area contributed by atoms with Crippen molar-refractivity contribution in [1.82, 2.24) is 15.5 Å². The van der Waals surface area contributed by atoms with Crippen LogP contribution in [0.3, 0.4) is 0 Å². The molecule has 0 aliphatic rings. The van der Waals surface area contributed by atoms with Gasteiger partial charge < -0.3 is 5.32 Å². The van der Waals surface area contributed by atoms with E-state index < -0.39 is 15.6 Å². The minimum atomic E-state index is -3.81. The first-order valence-corrected chi connectivity index (χ1v) is 8.21. The molecule has 3 N–H and O–H groups in total. The Kier molecular flexibility index (Phi) is 4.76. The normalized spacial score (nSPS) is 11.3. The quantitative estimate of drug-likeness (QED) is 0.727. The van der Waals surface area contributed by atoms with Crippen molar-refractivity contribution in [1.29, 1.82) is 0 Å². The number of sulfonamides is 1. The Labute approximate surface area is 130 Å². The average Bonchev–Trinajstić information content (AvgIpc) is 2.43. The highest BCUT2D eigenvalue weighted by molar-refractivity contribution is 9.10. The van der Waals surface area contributed by atoms with Crippen LogP contribution in [0.25, 0.3) is 0 Å². The van der Waals surface area contributed by atoms with E-state index in [4.69, 9.17) is 0 Å². The lowest BCUT2D eigenvalue weighted by atomic mass is 10.2. The fourth-order valence-corrected chi connectivity index (χ4v) is 3.68. The van der Waals surface area contributed by atoms with Gasteiger partial charge in [0.05, 0.1) is 0 Å². The number of benzene rings is 1. The van der Waals surface area contributed by atoms with E-state index in [0.29, 0.717) is 11.0 Å². The van der Waals surface area contributed by atoms with Gasteiger partial charge in [0.15, 0.2) is 5.82 Å². The van der Waals surface area contributed by atoms with Crippen molar-refractivity contribution < 1.29 is 8.42 Å². The maximum absolute atomic E-state index is 12.4. The molecule has 1 aromatic heterocycles. The number of anilines is 1. The number of nitrogens with one attached hydrogen (secondary N) is 3. The Bertz CT molecular complexity index is 784. The minimum Gasteiger partial charge on any atom is -0.316 e. The molecule has 21 heavy (non-hydrogen) atoms. The first-order valence-electron chi connectivity index (χ1n) is 5.94. The van der Waals surface area contributed by atoms with Crippen LogP contribution in [0.2, 0.25) is 0 Å². The van der Waals surface area contributed by atoms with Gasteiger partial charge >= 0.3 is 0 Å². The van der Waals surface area contributed by atoms with Crippen molar-refractivity contribution in [2.75, 3.05) is 11.8 Å². The van der Waals surface area contributed by atoms with Gasteiger partial charge in [-0.2, -0.15) is 5.10 Å². The summed E-state index contributed by atoms with van der Waals surface area (Å²) in [6.07, 6.45) is 0. The first-order chi connectivity index (χ1) is 9.92. The van der Waals surface area contributed by atoms with Crippen molar-refractivity contribution in [2.45, 2.75) is 11.4 Å². The molecule has 0 amide bonds. The van der Waals surface area contributed by atoms with E-state index in [1.54, 1.807) is 19.2 Å². The second kappa shape index (κ2) is 6.37. The topological polar surface area (TPSA) is 104 Å². The van der Waals surface area contributed by atoms with Gasteiger partial charge in [-0.1, -0.05) is 6.07 Å². The highest BCUT2D eigenvalue weighted by Crippen LogP contribution is 2.24. The van der Waals surface area contributed by atoms with Crippen molar-refractivity contribution in [3.8, 4) is 0 Å². The SMILES string of the molecule is CNCc1ccc(Br)c(S(=O)(=O)Nc2ccc(=O)[nH]n2)c1. The summed E-state index contributed by atoms with van der Waals surface area (Å²) in [5.41, 5.74) is 0.422. The largest absolute Gasteiger partial charge is 0.316 e. The zero-order chi connectivity index (χ0) is 15.5. The molecule has 0 unspecified atom stereocenters. The standard InChI is InChI=1S/C12H13BrN4O3S/c1-14-7-8-2-3-9(13)10(6-8)21(19,20)17-11-4-5-12(18)16-15-11/h2-6,14H,7H2,1H3,(H,15,17)(H,16,18). The van der Waals surface area contributed by atoms with Crippen LogP contribution in [0.1, 0.15) is 5.56 Å². The molecule has 2 aromatic rings. The molecule has 0 aliphatic carbocycles. The molecule has 0 saturated heterocycles. The molecular formula is C12H13BrN4O3S. The zero-order valence-corrected chi connectivity index (χ0v) is 13.5. The molecule has 2 rings (SSSR count). The van der Waals surface area contributed by atoms with Crippen LogP contribution in [0.5, 0.6) is 0 Å². The van der Waals surface area contributed by atoms with Crippen LogP contribution in [0, 0.1) is 0 Å². The molecule has 1 heterocycles. The summed E-state index contributed by atoms with van der Waals surface area (Å²) in [6, 6.07) is 7.53. The van der Waals surface area contributed by atoms with Crippen molar-refractivity contribution >= 4 is 31.8 Å². The van der Waals surface area contributed by atoms with Gasteiger partial charge in [-0.3, -0.25) is 9.52 Å². The Hall–Kier alpha value is -1.71. The monoisotopic (exact) mass is 372 g/mol. The minimum absolute atomic E-state index is 0.0421. The van der Waals surface area contributed by atoms with Gasteiger partial charge in [-0.25, -0.2) is 13.5 Å². The second-order valence-corrected chi connectivity index (χ2v) is 6.71. The van der Waals surface area contributed by atoms with Crippen LogP contribution in [-0.4, -0.2) is 25.7 Å². The number of hydrogen-bond acceptors (Lipinski definition) is 5. The third-order valence-electron chi connectivity index (χ3n) is 2.58. The van der Waals surface area contributed by atoms with E-state index in [1.165, 1.54) is 12.1 Å². The molecule has 0 fully saturated rings. The van der Waals surface area contributed by atoms with Gasteiger partial charge in [0, 0.05) is 17.1 Å². The molecule has 0 spiro atoms. The van der Waals surface area contributed by atoms with Crippen LogP contribution < -0.4 is 15.6 Å². The summed E-state index contributed by atoms with van der Waals surface area (Å²) < 4.78 is 27.5. The maximum Gasteiger partial charge on any atom is 0.264 e. The number of aromatic amines is 1. The third-order valence-corrected chi connectivity index (χ3v) is 4.93. The summed E-state index contributed by atoms with van der Waals surface area (Å²) in [5.74, 6) is 0.0421. The van der Waals surface area contributed by atoms with E-state index >= 15 is 0 Å². The Morgan fingerprint density at radius 1 is 1.29 bits per heavy atom. The van der Waals surface area contributed by atoms with Crippen molar-refractivity contribution in [3.63, 3.8) is 0 Å². The number of aromatic nitrogens is 2. The first kappa shape index (κ1) is 15.7. The Balaban J connectivity index is 2.36. The third kappa shape index (κ3) is 3.90. The van der Waals surface area contributed by atoms with Crippen LogP contribution in [0.4, 0.5) is 5.82 Å². The molecule has 7 nitrogen and oxygen atoms in total. The van der Waals surface area contributed by atoms with Gasteiger partial charge in [0.1, 0.15) is 4.90 Å². The van der Waals surface area contributed by atoms with E-state index in [1.807, 2.05) is 6.07 Å². The Morgan fingerprint density at radius 3 is 2.67 bits per heavy atom. The van der Waals surface area contributed by atoms with Crippen molar-refractivity contribution in [3.05, 3.63) is 50.7 Å². The maximum atomic E-state index is 12.4. The average molecular weight is 373 g/mol. The highest BCUT2D eigenvalue weighted by atomic mass is 79.9. The van der Waals surface area contributed by atoms with E-state index in [9.17, 15) is 13.2 Å². The Morgan fingerprint density at radius 2 is 2.05 bits per heavy atom. The van der Waals surface area contributed by atoms with Crippen LogP contribution in [-0.2, 0) is 16.6 Å². The summed E-state index contributed by atoms with van der Waals surface area (Å²) in [6.45, 7) is 0.548. The lowest BCUT2D eigenvalue weighted by Crippen LogP contribution is -2.17. The number of halogens is 1. The molecule has 112 valence electrons. The predicted octanol–water partition coefficient (Wildman–Crippen LogP) is 1.05. The van der Waals surface area contributed by atoms with Crippen molar-refractivity contribution in [2.24, 2.45) is 0 Å². The number of H-pyrrole nitrogens is 1. The van der Waals surface area contributed by atoms with E-state index in [0.717, 1.165) is 5.56 Å². The fourth-order valence-electron chi connectivity index (χ4n) is 1.66. The molecule has 9 heteroatoms. The lowest BCUT2D eigenvalue weighted by Gasteiger charge is -2.10. The summed E-state index contributed by atoms with van der Waals surface area (Å²) in [4.78, 5) is 11.0. The molecule has 0 radical (unpaired) electrons. The molecule has 0 saturated carbocycles.